The molecule has 1 aliphatic carbocycles. The van der Waals surface area contributed by atoms with Crippen molar-refractivity contribution in [3.63, 3.8) is 0 Å². The smallest absolute Gasteiger partial charge is 0.160 e. The van der Waals surface area contributed by atoms with Crippen LogP contribution in [0.3, 0.4) is 0 Å². The number of rotatable bonds is 8. The van der Waals surface area contributed by atoms with E-state index < -0.39 is 0 Å². The fourth-order valence-electron chi connectivity index (χ4n) is 5.33. The quantitative estimate of drug-likeness (QED) is 0.362. The molecular weight excluding hydrogens is 489 g/mol. The number of halogens is 2. The topological polar surface area (TPSA) is 37.2 Å². The number of nitrogens with zero attached hydrogens (tertiary/aromatic N) is 5. The number of aryl methyl sites for hydroxylation is 3. The van der Waals surface area contributed by atoms with Gasteiger partial charge < -0.3 is 9.47 Å². The molecule has 1 aromatic carbocycles. The second-order valence-electron chi connectivity index (χ2n) is 10.3. The molecule has 7 heteroatoms. The van der Waals surface area contributed by atoms with Crippen LogP contribution >= 0.6 is 24.8 Å². The Balaban J connectivity index is 0.00000180. The predicted octanol–water partition coefficient (Wildman–Crippen LogP) is 5.93. The number of aromatic nitrogens is 3. The van der Waals surface area contributed by atoms with Crippen molar-refractivity contribution in [2.24, 2.45) is 5.92 Å². The van der Waals surface area contributed by atoms with E-state index in [9.17, 15) is 0 Å². The van der Waals surface area contributed by atoms with E-state index in [-0.39, 0.29) is 24.8 Å². The molecule has 0 bridgehead atoms. The Hall–Kier alpha value is -1.92. The van der Waals surface area contributed by atoms with E-state index in [0.29, 0.717) is 0 Å². The largest absolute Gasteiger partial charge is 0.308 e. The van der Waals surface area contributed by atoms with Gasteiger partial charge in [0, 0.05) is 51.4 Å². The summed E-state index contributed by atoms with van der Waals surface area (Å²) in [7, 11) is 0. The first-order valence-corrected chi connectivity index (χ1v) is 13.1. The van der Waals surface area contributed by atoms with Gasteiger partial charge in [0.2, 0.25) is 0 Å². The van der Waals surface area contributed by atoms with Crippen molar-refractivity contribution in [1.82, 2.24) is 24.3 Å². The second kappa shape index (κ2) is 13.0. The Bertz CT molecular complexity index is 1140. The van der Waals surface area contributed by atoms with Gasteiger partial charge in [-0.3, -0.25) is 4.90 Å². The van der Waals surface area contributed by atoms with Gasteiger partial charge in [-0.1, -0.05) is 49.8 Å². The minimum atomic E-state index is 0. The lowest BCUT2D eigenvalue weighted by Crippen LogP contribution is -2.48. The third-order valence-corrected chi connectivity index (χ3v) is 7.62. The molecule has 1 saturated carbocycles. The highest BCUT2D eigenvalue weighted by Gasteiger charge is 2.23. The number of imidazole rings is 1. The molecule has 196 valence electrons. The highest BCUT2D eigenvalue weighted by Crippen LogP contribution is 2.27. The van der Waals surface area contributed by atoms with Gasteiger partial charge in [-0.05, 0) is 55.4 Å². The van der Waals surface area contributed by atoms with Crippen LogP contribution in [0, 0.1) is 19.8 Å². The molecule has 0 spiro atoms. The van der Waals surface area contributed by atoms with Crippen LogP contribution in [-0.2, 0) is 13.0 Å². The molecule has 2 aliphatic rings. The molecular formula is C29H41Cl2N5. The van der Waals surface area contributed by atoms with Crippen molar-refractivity contribution in [3.05, 3.63) is 64.6 Å². The average Bonchev–Trinajstić information content (AvgIpc) is 3.16. The van der Waals surface area contributed by atoms with Gasteiger partial charge in [-0.15, -0.1) is 24.8 Å². The van der Waals surface area contributed by atoms with Crippen LogP contribution in [0.1, 0.15) is 54.4 Å². The number of fused-ring (bicyclic) bond motifs is 1. The van der Waals surface area contributed by atoms with Gasteiger partial charge in [-0.25, -0.2) is 9.97 Å². The van der Waals surface area contributed by atoms with Gasteiger partial charge in [0.25, 0.3) is 0 Å². The maximum Gasteiger partial charge on any atom is 0.160 e. The number of hydrogen-bond acceptors (Lipinski definition) is 4. The molecule has 5 rings (SSSR count). The van der Waals surface area contributed by atoms with Crippen molar-refractivity contribution in [2.45, 2.75) is 53.0 Å². The van der Waals surface area contributed by atoms with Crippen LogP contribution in [0.25, 0.3) is 17.2 Å². The first-order valence-electron chi connectivity index (χ1n) is 13.1. The fraction of sp³-hybridized carbons (Fsp3) is 0.517. The van der Waals surface area contributed by atoms with Crippen LogP contribution in [0.5, 0.6) is 0 Å². The van der Waals surface area contributed by atoms with Gasteiger partial charge in [0.15, 0.2) is 5.65 Å². The Morgan fingerprint density at radius 2 is 1.64 bits per heavy atom. The van der Waals surface area contributed by atoms with E-state index in [1.54, 1.807) is 0 Å². The zero-order valence-corrected chi connectivity index (χ0v) is 23.6. The molecule has 0 N–H and O–H groups in total. The predicted molar refractivity (Wildman–Crippen MR) is 156 cm³/mol. The third-order valence-electron chi connectivity index (χ3n) is 7.62. The Kier molecular flexibility index (Phi) is 10.4. The average molecular weight is 531 g/mol. The minimum absolute atomic E-state index is 0. The minimum Gasteiger partial charge on any atom is -0.308 e. The summed E-state index contributed by atoms with van der Waals surface area (Å²) in [5, 5.41) is 0. The molecule has 2 fully saturated rings. The molecule has 3 heterocycles. The molecule has 2 aromatic heterocycles. The Morgan fingerprint density at radius 1 is 0.944 bits per heavy atom. The van der Waals surface area contributed by atoms with Gasteiger partial charge in [-0.2, -0.15) is 0 Å². The molecule has 1 saturated heterocycles. The van der Waals surface area contributed by atoms with E-state index in [1.165, 1.54) is 68.7 Å². The van der Waals surface area contributed by atoms with Crippen LogP contribution in [0.4, 0.5) is 0 Å². The lowest BCUT2D eigenvalue weighted by molar-refractivity contribution is 0.107. The first kappa shape index (κ1) is 28.6. The van der Waals surface area contributed by atoms with Crippen LogP contribution in [-0.4, -0.2) is 63.6 Å². The van der Waals surface area contributed by atoms with Gasteiger partial charge >= 0.3 is 0 Å². The van der Waals surface area contributed by atoms with E-state index in [2.05, 4.69) is 77.6 Å². The molecule has 0 unspecified atom stereocenters. The van der Waals surface area contributed by atoms with Crippen molar-refractivity contribution in [3.8, 4) is 0 Å². The second-order valence-corrected chi connectivity index (χ2v) is 10.3. The molecule has 0 radical (unpaired) electrons. The normalized spacial score (nSPS) is 17.2. The zero-order chi connectivity index (χ0) is 23.5. The Morgan fingerprint density at radius 3 is 2.28 bits per heavy atom. The van der Waals surface area contributed by atoms with Crippen molar-refractivity contribution < 1.29 is 0 Å². The van der Waals surface area contributed by atoms with Gasteiger partial charge in [0.05, 0.1) is 6.54 Å². The van der Waals surface area contributed by atoms with E-state index in [1.807, 2.05) is 0 Å². The Labute approximate surface area is 228 Å². The first-order chi connectivity index (χ1) is 16.6. The summed E-state index contributed by atoms with van der Waals surface area (Å²) in [5.74, 6) is 2.09. The molecule has 36 heavy (non-hydrogen) atoms. The maximum atomic E-state index is 4.88. The summed E-state index contributed by atoms with van der Waals surface area (Å²) < 4.78 is 2.28. The SMILES string of the molecule is CCc1nc2c(C)cc(C)nc2n1Cc1ccc(C=CCN2CCN(CC3CCC3)CC2)cc1.Cl.Cl. The monoisotopic (exact) mass is 529 g/mol. The number of piperazine rings is 1. The lowest BCUT2D eigenvalue weighted by Gasteiger charge is -2.38. The van der Waals surface area contributed by atoms with Crippen molar-refractivity contribution in [2.75, 3.05) is 39.3 Å². The number of hydrogen-bond donors (Lipinski definition) is 0. The maximum absolute atomic E-state index is 4.88. The standard InChI is InChI=1S/C29H39N5.2ClH/c1-4-27-31-28-22(2)19-23(3)30-29(28)34(27)21-26-12-10-24(11-13-26)9-6-14-32-15-17-33(18-16-32)20-25-7-5-8-25;;/h6,9-13,19,25H,4-5,7-8,14-18,20-21H2,1-3H3;2*1H. The highest BCUT2D eigenvalue weighted by molar-refractivity contribution is 5.85. The highest BCUT2D eigenvalue weighted by atomic mass is 35.5. The van der Waals surface area contributed by atoms with Crippen LogP contribution < -0.4 is 0 Å². The van der Waals surface area contributed by atoms with Crippen molar-refractivity contribution in [1.29, 1.82) is 0 Å². The van der Waals surface area contributed by atoms with Gasteiger partial charge in [0.1, 0.15) is 11.3 Å². The third kappa shape index (κ3) is 6.69. The number of pyridine rings is 1. The number of benzene rings is 1. The molecule has 1 aliphatic heterocycles. The van der Waals surface area contributed by atoms with Crippen LogP contribution in [0.2, 0.25) is 0 Å². The molecule has 3 aromatic rings. The summed E-state index contributed by atoms with van der Waals surface area (Å²) in [6.07, 6.45) is 9.86. The summed E-state index contributed by atoms with van der Waals surface area (Å²) in [6, 6.07) is 11.1. The fourth-order valence-corrected chi connectivity index (χ4v) is 5.33. The van der Waals surface area contributed by atoms with Crippen LogP contribution in [0.15, 0.2) is 36.4 Å². The molecule has 0 atom stereocenters. The summed E-state index contributed by atoms with van der Waals surface area (Å²) >= 11 is 0. The molecule has 5 nitrogen and oxygen atoms in total. The summed E-state index contributed by atoms with van der Waals surface area (Å²) in [6.45, 7) is 14.4. The lowest BCUT2D eigenvalue weighted by atomic mass is 9.85. The molecule has 0 amide bonds. The van der Waals surface area contributed by atoms with E-state index in [0.717, 1.165) is 48.1 Å². The zero-order valence-electron chi connectivity index (χ0n) is 21.9. The van der Waals surface area contributed by atoms with E-state index in [4.69, 9.17) is 9.97 Å². The summed E-state index contributed by atoms with van der Waals surface area (Å²) in [5.41, 5.74) is 6.85. The van der Waals surface area contributed by atoms with Crippen molar-refractivity contribution >= 4 is 42.1 Å². The van der Waals surface area contributed by atoms with E-state index >= 15 is 0 Å². The summed E-state index contributed by atoms with van der Waals surface area (Å²) in [4.78, 5) is 14.9.